The monoisotopic (exact) mass is 426 g/mol. The third-order valence-corrected chi connectivity index (χ3v) is 4.77. The number of anilines is 2. The van der Waals surface area contributed by atoms with E-state index in [1.165, 1.54) is 0 Å². The van der Waals surface area contributed by atoms with Gasteiger partial charge in [0, 0.05) is 24.5 Å². The standard InChI is InChI=1S/C17H21F6N5O/c1-8(17(21,22)23)24-14-26-13(10-4-2-3-5-11(29)12(10)18)27-15(28-14)25-9-6-16(19,20)7-9/h8-9,11,29H,2-7H2,1H3,(H2,24,25,26,27,28)/t8-,11?/m1/s1/i11D. The van der Waals surface area contributed by atoms with Crippen molar-refractivity contribution in [3.8, 4) is 0 Å². The summed E-state index contributed by atoms with van der Waals surface area (Å²) >= 11 is 0. The van der Waals surface area contributed by atoms with Crippen LogP contribution in [0.4, 0.5) is 38.2 Å². The van der Waals surface area contributed by atoms with E-state index >= 15 is 0 Å². The SMILES string of the molecule is [2H]C1(O)CCCCC(c2nc(NC3CC(F)(F)C3)nc(N[C@H](C)C(F)(F)F)n2)=C1F. The molecule has 1 aromatic heterocycles. The van der Waals surface area contributed by atoms with Crippen LogP contribution in [-0.2, 0) is 0 Å². The second kappa shape index (κ2) is 7.96. The Kier molecular flexibility index (Phi) is 5.54. The fraction of sp³-hybridized carbons (Fsp3) is 0.706. The van der Waals surface area contributed by atoms with Crippen molar-refractivity contribution in [2.24, 2.45) is 0 Å². The van der Waals surface area contributed by atoms with Crippen molar-refractivity contribution < 1.29 is 32.8 Å². The van der Waals surface area contributed by atoms with Crippen molar-refractivity contribution in [1.29, 1.82) is 0 Å². The zero-order valence-corrected chi connectivity index (χ0v) is 15.5. The number of aromatic nitrogens is 3. The van der Waals surface area contributed by atoms with Crippen LogP contribution in [0.3, 0.4) is 0 Å². The van der Waals surface area contributed by atoms with Crippen molar-refractivity contribution in [3.05, 3.63) is 11.7 Å². The molecule has 0 amide bonds. The summed E-state index contributed by atoms with van der Waals surface area (Å²) in [5.41, 5.74) is -0.225. The maximum absolute atomic E-state index is 14.7. The van der Waals surface area contributed by atoms with Crippen LogP contribution in [-0.4, -0.2) is 50.3 Å². The molecule has 12 heteroatoms. The van der Waals surface area contributed by atoms with Crippen molar-refractivity contribution in [2.45, 2.75) is 75.7 Å². The molecular formula is C17H21F6N5O. The molecule has 3 rings (SSSR count). The molecule has 2 atom stereocenters. The molecule has 0 spiro atoms. The van der Waals surface area contributed by atoms with Crippen LogP contribution in [0.15, 0.2) is 5.83 Å². The fourth-order valence-corrected chi connectivity index (χ4v) is 3.06. The molecule has 3 N–H and O–H groups in total. The molecule has 2 aliphatic rings. The van der Waals surface area contributed by atoms with Gasteiger partial charge in [-0.05, 0) is 26.2 Å². The van der Waals surface area contributed by atoms with Crippen LogP contribution in [0.5, 0.6) is 0 Å². The summed E-state index contributed by atoms with van der Waals surface area (Å²) < 4.78 is 87.4. The summed E-state index contributed by atoms with van der Waals surface area (Å²) in [5, 5.41) is 14.6. The molecule has 2 aliphatic carbocycles. The summed E-state index contributed by atoms with van der Waals surface area (Å²) in [6.07, 6.45) is -7.49. The van der Waals surface area contributed by atoms with E-state index in [4.69, 9.17) is 1.37 Å². The number of rotatable bonds is 5. The minimum Gasteiger partial charge on any atom is -0.386 e. The molecule has 0 aromatic carbocycles. The average molecular weight is 426 g/mol. The summed E-state index contributed by atoms with van der Waals surface area (Å²) in [6, 6.07) is -2.75. The lowest BCUT2D eigenvalue weighted by Crippen LogP contribution is -2.44. The molecule has 1 fully saturated rings. The van der Waals surface area contributed by atoms with Gasteiger partial charge >= 0.3 is 6.18 Å². The maximum atomic E-state index is 14.7. The Balaban J connectivity index is 1.96. The average Bonchev–Trinajstić information content (AvgIpc) is 2.71. The highest BCUT2D eigenvalue weighted by Gasteiger charge is 2.45. The highest BCUT2D eigenvalue weighted by molar-refractivity contribution is 5.64. The van der Waals surface area contributed by atoms with Crippen LogP contribution < -0.4 is 10.6 Å². The highest BCUT2D eigenvalue weighted by atomic mass is 19.4. The Labute approximate surface area is 164 Å². The minimum atomic E-state index is -4.62. The Morgan fingerprint density at radius 3 is 2.45 bits per heavy atom. The first-order chi connectivity index (χ1) is 13.8. The van der Waals surface area contributed by atoms with E-state index in [1.54, 1.807) is 0 Å². The predicted molar refractivity (Wildman–Crippen MR) is 93.1 cm³/mol. The smallest absolute Gasteiger partial charge is 0.386 e. The Bertz CT molecular complexity index is 823. The van der Waals surface area contributed by atoms with Crippen LogP contribution in [0, 0.1) is 0 Å². The summed E-state index contributed by atoms with van der Waals surface area (Å²) in [6.45, 7) is 0.830. The lowest BCUT2D eigenvalue weighted by Gasteiger charge is -2.35. The number of aliphatic hydroxyl groups is 1. The molecule has 1 saturated carbocycles. The van der Waals surface area contributed by atoms with E-state index in [9.17, 15) is 31.4 Å². The van der Waals surface area contributed by atoms with Crippen molar-refractivity contribution in [1.82, 2.24) is 15.0 Å². The molecule has 6 nitrogen and oxygen atoms in total. The third-order valence-electron chi connectivity index (χ3n) is 4.77. The van der Waals surface area contributed by atoms with Gasteiger partial charge < -0.3 is 15.7 Å². The molecule has 0 aliphatic heterocycles. The Hall–Kier alpha value is -2.11. The van der Waals surface area contributed by atoms with Gasteiger partial charge in [0.1, 0.15) is 17.9 Å². The van der Waals surface area contributed by atoms with Crippen molar-refractivity contribution >= 4 is 17.5 Å². The highest BCUT2D eigenvalue weighted by Crippen LogP contribution is 2.39. The minimum absolute atomic E-state index is 0.0479. The summed E-state index contributed by atoms with van der Waals surface area (Å²) in [4.78, 5) is 11.6. The van der Waals surface area contributed by atoms with Crippen molar-refractivity contribution in [3.63, 3.8) is 0 Å². The van der Waals surface area contributed by atoms with E-state index in [1.807, 2.05) is 5.32 Å². The van der Waals surface area contributed by atoms with Gasteiger partial charge in [-0.1, -0.05) is 6.42 Å². The Morgan fingerprint density at radius 1 is 1.17 bits per heavy atom. The number of allylic oxidation sites excluding steroid dienone is 1. The quantitative estimate of drug-likeness (QED) is 0.616. The number of nitrogens with zero attached hydrogens (tertiary/aromatic N) is 3. The number of hydrogen-bond acceptors (Lipinski definition) is 6. The van der Waals surface area contributed by atoms with E-state index in [0.29, 0.717) is 12.8 Å². The number of nitrogens with one attached hydrogen (secondary N) is 2. The van der Waals surface area contributed by atoms with Gasteiger partial charge in [0.05, 0.1) is 1.37 Å². The topological polar surface area (TPSA) is 83.0 Å². The van der Waals surface area contributed by atoms with Crippen LogP contribution in [0.2, 0.25) is 0 Å². The lowest BCUT2D eigenvalue weighted by atomic mass is 9.88. The van der Waals surface area contributed by atoms with Gasteiger partial charge in [-0.15, -0.1) is 0 Å². The molecule has 1 unspecified atom stereocenters. The second-order valence-corrected chi connectivity index (χ2v) is 7.27. The molecule has 29 heavy (non-hydrogen) atoms. The third kappa shape index (κ3) is 5.28. The lowest BCUT2D eigenvalue weighted by molar-refractivity contribution is -0.138. The number of hydrogen-bond donors (Lipinski definition) is 3. The summed E-state index contributed by atoms with van der Waals surface area (Å²) in [5.74, 6) is -5.23. The summed E-state index contributed by atoms with van der Waals surface area (Å²) in [7, 11) is 0. The van der Waals surface area contributed by atoms with Gasteiger partial charge in [-0.2, -0.15) is 28.1 Å². The molecule has 1 aromatic rings. The zero-order chi connectivity index (χ0) is 22.3. The van der Waals surface area contributed by atoms with Crippen LogP contribution >= 0.6 is 0 Å². The largest absolute Gasteiger partial charge is 0.408 e. The zero-order valence-electron chi connectivity index (χ0n) is 16.5. The molecule has 0 bridgehead atoms. The molecular weight excluding hydrogens is 404 g/mol. The first-order valence-electron chi connectivity index (χ1n) is 9.62. The van der Waals surface area contributed by atoms with Crippen LogP contribution in [0.25, 0.3) is 5.57 Å². The number of alkyl halides is 5. The molecule has 162 valence electrons. The Morgan fingerprint density at radius 2 is 1.83 bits per heavy atom. The normalized spacial score (nSPS) is 27.0. The first kappa shape index (κ1) is 20.2. The van der Waals surface area contributed by atoms with E-state index in [0.717, 1.165) is 6.92 Å². The van der Waals surface area contributed by atoms with Gasteiger partial charge in [-0.3, -0.25) is 0 Å². The first-order valence-corrected chi connectivity index (χ1v) is 9.12. The van der Waals surface area contributed by atoms with E-state index in [-0.39, 0.29) is 30.2 Å². The van der Waals surface area contributed by atoms with Crippen LogP contribution in [0.1, 0.15) is 52.6 Å². The molecule has 0 radical (unpaired) electrons. The van der Waals surface area contributed by atoms with Gasteiger partial charge in [0.25, 0.3) is 5.92 Å². The van der Waals surface area contributed by atoms with Gasteiger partial charge in [0.15, 0.2) is 5.82 Å². The van der Waals surface area contributed by atoms with Gasteiger partial charge in [0.2, 0.25) is 11.9 Å². The molecule has 1 heterocycles. The van der Waals surface area contributed by atoms with Crippen molar-refractivity contribution in [2.75, 3.05) is 10.6 Å². The second-order valence-electron chi connectivity index (χ2n) is 7.27. The van der Waals surface area contributed by atoms with E-state index in [2.05, 4.69) is 20.3 Å². The fourth-order valence-electron chi connectivity index (χ4n) is 3.06. The number of halogens is 6. The van der Waals surface area contributed by atoms with E-state index < -0.39 is 54.9 Å². The maximum Gasteiger partial charge on any atom is 0.408 e. The van der Waals surface area contributed by atoms with Gasteiger partial charge in [-0.25, -0.2) is 13.2 Å². The predicted octanol–water partition coefficient (Wildman–Crippen LogP) is 4.06. The molecule has 0 saturated heterocycles.